The lowest BCUT2D eigenvalue weighted by Crippen LogP contribution is -2.17. The zero-order chi connectivity index (χ0) is 22.3. The number of para-hydroxylation sites is 1. The predicted octanol–water partition coefficient (Wildman–Crippen LogP) is 4.20. The molecule has 0 aliphatic rings. The Hall–Kier alpha value is -4.13. The first kappa shape index (κ1) is 21.1. The van der Waals surface area contributed by atoms with Gasteiger partial charge in [0.25, 0.3) is 5.91 Å². The van der Waals surface area contributed by atoms with E-state index in [4.69, 9.17) is 9.47 Å². The Kier molecular flexibility index (Phi) is 6.46. The van der Waals surface area contributed by atoms with Crippen molar-refractivity contribution in [1.82, 2.24) is 15.0 Å². The van der Waals surface area contributed by atoms with Crippen LogP contribution in [0.3, 0.4) is 0 Å². The fourth-order valence-electron chi connectivity index (χ4n) is 3.55. The minimum Gasteiger partial charge on any atom is -0.497 e. The monoisotopic (exact) mass is 428 g/mol. The smallest absolute Gasteiger partial charge is 0.272 e. The quantitative estimate of drug-likeness (QED) is 0.337. The largest absolute Gasteiger partial charge is 0.497 e. The highest BCUT2D eigenvalue weighted by Crippen LogP contribution is 2.25. The third-order valence-electron chi connectivity index (χ3n) is 5.21. The van der Waals surface area contributed by atoms with Crippen LogP contribution in [-0.4, -0.2) is 35.4 Å². The average Bonchev–Trinajstić information content (AvgIpc) is 3.11. The number of hydrogen-bond acceptors (Lipinski definition) is 5. The van der Waals surface area contributed by atoms with Gasteiger partial charge in [0.15, 0.2) is 0 Å². The number of hydrazone groups is 1. The molecule has 32 heavy (non-hydrogen) atoms. The molecule has 7 nitrogen and oxygen atoms in total. The van der Waals surface area contributed by atoms with Crippen LogP contribution in [0.1, 0.15) is 21.6 Å². The highest BCUT2D eigenvalue weighted by molar-refractivity contribution is 6.02. The van der Waals surface area contributed by atoms with Crippen molar-refractivity contribution in [2.24, 2.45) is 5.10 Å². The van der Waals surface area contributed by atoms with Gasteiger partial charge in [0.05, 0.1) is 25.4 Å². The van der Waals surface area contributed by atoms with Gasteiger partial charge in [0.1, 0.15) is 18.1 Å². The molecule has 1 amide bonds. The minimum absolute atomic E-state index is 0.302. The molecule has 2 heterocycles. The molecule has 162 valence electrons. The fraction of sp³-hybridized carbons (Fsp3) is 0.160. The van der Waals surface area contributed by atoms with E-state index in [0.29, 0.717) is 18.7 Å². The van der Waals surface area contributed by atoms with E-state index in [-0.39, 0.29) is 5.91 Å². The van der Waals surface area contributed by atoms with Crippen LogP contribution in [0.2, 0.25) is 0 Å². The standard InChI is InChI=1S/C25H24N4O3/c1-18-23(17-27-28-25(30)19-6-5-13-26-16-19)22-7-3-4-8-24(22)29(18)14-15-32-21-11-9-20(31-2)10-12-21/h3-13,16-17H,14-15H2,1-2H3,(H,28,30)/b27-17+. The summed E-state index contributed by atoms with van der Waals surface area (Å²) in [5.74, 6) is 1.28. The molecule has 0 saturated heterocycles. The van der Waals surface area contributed by atoms with Crippen LogP contribution in [0, 0.1) is 6.92 Å². The van der Waals surface area contributed by atoms with E-state index in [9.17, 15) is 4.79 Å². The van der Waals surface area contributed by atoms with Gasteiger partial charge < -0.3 is 14.0 Å². The summed E-state index contributed by atoms with van der Waals surface area (Å²) in [6.07, 6.45) is 4.81. The second-order valence-corrected chi connectivity index (χ2v) is 7.13. The zero-order valence-corrected chi connectivity index (χ0v) is 18.0. The molecule has 0 aliphatic heterocycles. The normalized spacial score (nSPS) is 11.1. The number of methoxy groups -OCH3 is 1. The van der Waals surface area contributed by atoms with Gasteiger partial charge in [-0.2, -0.15) is 5.10 Å². The van der Waals surface area contributed by atoms with Crippen LogP contribution in [0.4, 0.5) is 0 Å². The van der Waals surface area contributed by atoms with Crippen molar-refractivity contribution >= 4 is 23.0 Å². The van der Waals surface area contributed by atoms with E-state index in [1.807, 2.05) is 49.4 Å². The molecule has 0 atom stereocenters. The predicted molar refractivity (Wildman–Crippen MR) is 124 cm³/mol. The molecule has 1 N–H and O–H groups in total. The van der Waals surface area contributed by atoms with Crippen LogP contribution in [0.5, 0.6) is 11.5 Å². The Morgan fingerprint density at radius 2 is 1.88 bits per heavy atom. The van der Waals surface area contributed by atoms with E-state index in [1.165, 1.54) is 6.20 Å². The summed E-state index contributed by atoms with van der Waals surface area (Å²) in [6, 6.07) is 19.1. The number of ether oxygens (including phenoxy) is 2. The summed E-state index contributed by atoms with van der Waals surface area (Å²) in [7, 11) is 1.64. The highest BCUT2D eigenvalue weighted by Gasteiger charge is 2.13. The molecule has 4 rings (SSSR count). The molecule has 0 saturated carbocycles. The van der Waals surface area contributed by atoms with E-state index in [1.54, 1.807) is 31.7 Å². The Labute approximate surface area is 186 Å². The summed E-state index contributed by atoms with van der Waals surface area (Å²) in [5.41, 5.74) is 6.11. The van der Waals surface area contributed by atoms with Crippen LogP contribution < -0.4 is 14.9 Å². The first-order valence-electron chi connectivity index (χ1n) is 10.3. The lowest BCUT2D eigenvalue weighted by Gasteiger charge is -2.11. The van der Waals surface area contributed by atoms with Crippen LogP contribution in [-0.2, 0) is 6.54 Å². The number of nitrogens with zero attached hydrogens (tertiary/aromatic N) is 3. The SMILES string of the molecule is COc1ccc(OCCn2c(C)c(/C=N/NC(=O)c3cccnc3)c3ccccc32)cc1. The minimum atomic E-state index is -0.302. The number of benzene rings is 2. The van der Waals surface area contributed by atoms with Crippen LogP contribution >= 0.6 is 0 Å². The maximum atomic E-state index is 12.2. The second-order valence-electron chi connectivity index (χ2n) is 7.13. The molecule has 0 radical (unpaired) electrons. The summed E-state index contributed by atoms with van der Waals surface area (Å²) >= 11 is 0. The summed E-state index contributed by atoms with van der Waals surface area (Å²) < 4.78 is 13.3. The van der Waals surface area contributed by atoms with Gasteiger partial charge >= 0.3 is 0 Å². The first-order valence-corrected chi connectivity index (χ1v) is 10.3. The third kappa shape index (κ3) is 4.62. The van der Waals surface area contributed by atoms with Gasteiger partial charge in [-0.15, -0.1) is 0 Å². The number of pyridine rings is 1. The highest BCUT2D eigenvalue weighted by atomic mass is 16.5. The molecular formula is C25H24N4O3. The number of carbonyl (C=O) groups excluding carboxylic acids is 1. The average molecular weight is 428 g/mol. The number of carbonyl (C=O) groups is 1. The fourth-order valence-corrected chi connectivity index (χ4v) is 3.55. The lowest BCUT2D eigenvalue weighted by atomic mass is 10.1. The number of aromatic nitrogens is 2. The maximum Gasteiger partial charge on any atom is 0.272 e. The van der Waals surface area contributed by atoms with Gasteiger partial charge in [-0.3, -0.25) is 9.78 Å². The Balaban J connectivity index is 1.49. The van der Waals surface area contributed by atoms with Crippen LogP contribution in [0.25, 0.3) is 10.9 Å². The van der Waals surface area contributed by atoms with Gasteiger partial charge in [-0.05, 0) is 49.4 Å². The zero-order valence-electron chi connectivity index (χ0n) is 18.0. The summed E-state index contributed by atoms with van der Waals surface area (Å²) in [4.78, 5) is 16.2. The molecule has 0 aliphatic carbocycles. The van der Waals surface area contributed by atoms with Crippen molar-refractivity contribution in [2.75, 3.05) is 13.7 Å². The van der Waals surface area contributed by atoms with Crippen molar-refractivity contribution < 1.29 is 14.3 Å². The third-order valence-corrected chi connectivity index (χ3v) is 5.21. The lowest BCUT2D eigenvalue weighted by molar-refractivity contribution is 0.0954. The number of hydrogen-bond donors (Lipinski definition) is 1. The molecule has 4 aromatic rings. The molecule has 0 fully saturated rings. The maximum absolute atomic E-state index is 12.2. The van der Waals surface area contributed by atoms with Crippen molar-refractivity contribution in [1.29, 1.82) is 0 Å². The van der Waals surface area contributed by atoms with E-state index >= 15 is 0 Å². The number of fused-ring (bicyclic) bond motifs is 1. The van der Waals surface area contributed by atoms with Crippen molar-refractivity contribution in [3.63, 3.8) is 0 Å². The van der Waals surface area contributed by atoms with Crippen molar-refractivity contribution in [3.8, 4) is 11.5 Å². The van der Waals surface area contributed by atoms with Gasteiger partial charge in [0.2, 0.25) is 0 Å². The number of amides is 1. The Bertz CT molecular complexity index is 1230. The van der Waals surface area contributed by atoms with Crippen LogP contribution in [0.15, 0.2) is 78.2 Å². The van der Waals surface area contributed by atoms with E-state index in [2.05, 4.69) is 26.1 Å². The molecule has 2 aromatic carbocycles. The summed E-state index contributed by atoms with van der Waals surface area (Å²) in [5, 5.41) is 5.24. The van der Waals surface area contributed by atoms with Gasteiger partial charge in [-0.25, -0.2) is 5.43 Å². The van der Waals surface area contributed by atoms with Crippen molar-refractivity contribution in [3.05, 3.63) is 89.9 Å². The topological polar surface area (TPSA) is 77.7 Å². The van der Waals surface area contributed by atoms with Crippen molar-refractivity contribution in [2.45, 2.75) is 13.5 Å². The molecule has 0 bridgehead atoms. The molecular weight excluding hydrogens is 404 g/mol. The first-order chi connectivity index (χ1) is 15.7. The molecule has 2 aromatic heterocycles. The van der Waals surface area contributed by atoms with Gasteiger partial charge in [-0.1, -0.05) is 18.2 Å². The number of rotatable bonds is 8. The Morgan fingerprint density at radius 1 is 1.09 bits per heavy atom. The molecule has 0 spiro atoms. The molecule has 7 heteroatoms. The second kappa shape index (κ2) is 9.78. The summed E-state index contributed by atoms with van der Waals surface area (Å²) in [6.45, 7) is 3.23. The van der Waals surface area contributed by atoms with E-state index in [0.717, 1.165) is 33.7 Å². The van der Waals surface area contributed by atoms with Gasteiger partial charge in [0, 0.05) is 34.6 Å². The number of nitrogens with one attached hydrogen (secondary N) is 1. The van der Waals surface area contributed by atoms with E-state index < -0.39 is 0 Å². The Morgan fingerprint density at radius 3 is 2.62 bits per heavy atom. The molecule has 0 unspecified atom stereocenters.